The molecule has 0 radical (unpaired) electrons. The summed E-state index contributed by atoms with van der Waals surface area (Å²) >= 11 is 0. The van der Waals surface area contributed by atoms with E-state index < -0.39 is 6.04 Å². The van der Waals surface area contributed by atoms with Crippen molar-refractivity contribution in [1.29, 1.82) is 0 Å². The monoisotopic (exact) mass is 304 g/mol. The van der Waals surface area contributed by atoms with E-state index in [9.17, 15) is 9.18 Å². The standard InChI is InChI=1S/C17H21FN2O2/c1-4-20(16-9-7-15(19)8-10-16)11-12-22-14(3)6-5-13(2)17(18)21/h5-10H,2-4,11-12,19H2,1H3/b6-5-. The first kappa shape index (κ1) is 17.5. The molecule has 0 aromatic heterocycles. The Morgan fingerprint density at radius 2 is 1.95 bits per heavy atom. The van der Waals surface area contributed by atoms with Gasteiger partial charge in [0.1, 0.15) is 12.4 Å². The second kappa shape index (κ2) is 8.67. The number of rotatable bonds is 9. The number of carbonyl (C=O) groups excluding carboxylic acids is 1. The number of nitrogens with two attached hydrogens (primary N) is 1. The van der Waals surface area contributed by atoms with Gasteiger partial charge < -0.3 is 15.4 Å². The Bertz CT molecular complexity index is 565. The highest BCUT2D eigenvalue weighted by molar-refractivity contribution is 5.89. The van der Waals surface area contributed by atoms with E-state index in [0.717, 1.165) is 17.9 Å². The van der Waals surface area contributed by atoms with Crippen molar-refractivity contribution >= 4 is 17.4 Å². The van der Waals surface area contributed by atoms with Gasteiger partial charge in [-0.15, -0.1) is 0 Å². The molecule has 2 N–H and O–H groups in total. The largest absolute Gasteiger partial charge is 0.492 e. The third-order valence-corrected chi connectivity index (χ3v) is 3.01. The Morgan fingerprint density at radius 1 is 1.32 bits per heavy atom. The number of nitrogen functional groups attached to an aromatic ring is 1. The highest BCUT2D eigenvalue weighted by Gasteiger charge is 2.04. The van der Waals surface area contributed by atoms with Crippen LogP contribution in [0.2, 0.25) is 0 Å². The van der Waals surface area contributed by atoms with Crippen LogP contribution in [0.15, 0.2) is 60.9 Å². The van der Waals surface area contributed by atoms with Crippen molar-refractivity contribution in [2.24, 2.45) is 0 Å². The highest BCUT2D eigenvalue weighted by Crippen LogP contribution is 2.16. The zero-order valence-corrected chi connectivity index (χ0v) is 12.7. The Kier molecular flexibility index (Phi) is 6.89. The molecule has 22 heavy (non-hydrogen) atoms. The molecular weight excluding hydrogens is 283 g/mol. The van der Waals surface area contributed by atoms with Crippen molar-refractivity contribution in [3.8, 4) is 0 Å². The molecule has 1 aromatic carbocycles. The van der Waals surface area contributed by atoms with Crippen molar-refractivity contribution in [3.63, 3.8) is 0 Å². The molecule has 0 aliphatic heterocycles. The van der Waals surface area contributed by atoms with Crippen LogP contribution in [0.4, 0.5) is 15.8 Å². The van der Waals surface area contributed by atoms with Gasteiger partial charge in [0.2, 0.25) is 0 Å². The van der Waals surface area contributed by atoms with Gasteiger partial charge in [-0.2, -0.15) is 4.39 Å². The maximum Gasteiger partial charge on any atom is 0.331 e. The summed E-state index contributed by atoms with van der Waals surface area (Å²) in [6.45, 7) is 10.9. The molecule has 0 atom stereocenters. The molecule has 0 heterocycles. The van der Waals surface area contributed by atoms with E-state index in [1.807, 2.05) is 31.2 Å². The van der Waals surface area contributed by atoms with Gasteiger partial charge in [0.25, 0.3) is 0 Å². The first-order valence-corrected chi connectivity index (χ1v) is 6.93. The van der Waals surface area contributed by atoms with Crippen LogP contribution in [-0.4, -0.2) is 25.7 Å². The van der Waals surface area contributed by atoms with E-state index in [4.69, 9.17) is 10.5 Å². The molecule has 0 saturated carbocycles. The Balaban J connectivity index is 2.44. The molecule has 1 aromatic rings. The quantitative estimate of drug-likeness (QED) is 0.250. The number of ether oxygens (including phenoxy) is 1. The number of hydrogen-bond acceptors (Lipinski definition) is 4. The van der Waals surface area contributed by atoms with Crippen LogP contribution in [0, 0.1) is 0 Å². The second-order valence-electron chi connectivity index (χ2n) is 4.62. The molecule has 4 nitrogen and oxygen atoms in total. The van der Waals surface area contributed by atoms with Crippen LogP contribution >= 0.6 is 0 Å². The number of benzene rings is 1. The van der Waals surface area contributed by atoms with E-state index in [2.05, 4.69) is 18.1 Å². The average Bonchev–Trinajstić information content (AvgIpc) is 2.50. The molecular formula is C17H21FN2O2. The van der Waals surface area contributed by atoms with Crippen molar-refractivity contribution < 1.29 is 13.9 Å². The first-order valence-electron chi connectivity index (χ1n) is 6.93. The SMILES string of the molecule is C=C(/C=C\C(=C)C(=O)F)OCCN(CC)c1ccc(N)cc1. The van der Waals surface area contributed by atoms with Gasteiger partial charge in [0.05, 0.1) is 6.54 Å². The fourth-order valence-electron chi connectivity index (χ4n) is 1.75. The van der Waals surface area contributed by atoms with Crippen molar-refractivity contribution in [1.82, 2.24) is 0 Å². The molecule has 0 saturated heterocycles. The van der Waals surface area contributed by atoms with Crippen LogP contribution in [0.3, 0.4) is 0 Å². The predicted molar refractivity (Wildman–Crippen MR) is 88.2 cm³/mol. The molecule has 5 heteroatoms. The maximum absolute atomic E-state index is 12.3. The minimum Gasteiger partial charge on any atom is -0.492 e. The fourth-order valence-corrected chi connectivity index (χ4v) is 1.75. The first-order chi connectivity index (χ1) is 10.4. The third kappa shape index (κ3) is 5.83. The number of hydrogen-bond donors (Lipinski definition) is 1. The summed E-state index contributed by atoms with van der Waals surface area (Å²) in [7, 11) is 0. The number of nitrogens with zero attached hydrogens (tertiary/aromatic N) is 1. The summed E-state index contributed by atoms with van der Waals surface area (Å²) in [5, 5.41) is 0. The van der Waals surface area contributed by atoms with E-state index in [1.165, 1.54) is 12.2 Å². The second-order valence-corrected chi connectivity index (χ2v) is 4.62. The summed E-state index contributed by atoms with van der Waals surface area (Å²) in [5.41, 5.74) is 7.21. The van der Waals surface area contributed by atoms with Crippen LogP contribution in [0.1, 0.15) is 6.92 Å². The van der Waals surface area contributed by atoms with Gasteiger partial charge in [-0.05, 0) is 43.3 Å². The molecule has 0 amide bonds. The molecule has 1 rings (SSSR count). The summed E-state index contributed by atoms with van der Waals surface area (Å²) in [6, 6.07) is 6.03. The number of likely N-dealkylation sites (N-methyl/N-ethyl adjacent to an activating group) is 1. The minimum atomic E-state index is -1.57. The van der Waals surface area contributed by atoms with Gasteiger partial charge in [-0.1, -0.05) is 13.2 Å². The zero-order chi connectivity index (χ0) is 16.5. The van der Waals surface area contributed by atoms with Crippen molar-refractivity contribution in [2.45, 2.75) is 6.92 Å². The lowest BCUT2D eigenvalue weighted by Gasteiger charge is -2.23. The normalized spacial score (nSPS) is 10.5. The lowest BCUT2D eigenvalue weighted by Crippen LogP contribution is -2.26. The summed E-state index contributed by atoms with van der Waals surface area (Å²) < 4.78 is 17.7. The summed E-state index contributed by atoms with van der Waals surface area (Å²) in [4.78, 5) is 12.5. The van der Waals surface area contributed by atoms with Gasteiger partial charge in [0, 0.05) is 23.5 Å². The Hall–Kier alpha value is -2.56. The third-order valence-electron chi connectivity index (χ3n) is 3.01. The van der Waals surface area contributed by atoms with E-state index in [1.54, 1.807) is 0 Å². The van der Waals surface area contributed by atoms with Crippen LogP contribution < -0.4 is 10.6 Å². The number of anilines is 2. The molecule has 0 fully saturated rings. The van der Waals surface area contributed by atoms with Gasteiger partial charge >= 0.3 is 6.04 Å². The Morgan fingerprint density at radius 3 is 2.50 bits per heavy atom. The van der Waals surface area contributed by atoms with Gasteiger partial charge in [-0.3, -0.25) is 4.79 Å². The molecule has 0 unspecified atom stereocenters. The van der Waals surface area contributed by atoms with Crippen molar-refractivity contribution in [3.05, 3.63) is 60.9 Å². The molecule has 0 aliphatic carbocycles. The summed E-state index contributed by atoms with van der Waals surface area (Å²) in [5.74, 6) is 0.343. The van der Waals surface area contributed by atoms with Gasteiger partial charge in [0.15, 0.2) is 0 Å². The molecule has 118 valence electrons. The number of allylic oxidation sites excluding steroid dienone is 3. The number of halogens is 1. The van der Waals surface area contributed by atoms with E-state index >= 15 is 0 Å². The summed E-state index contributed by atoms with van der Waals surface area (Å²) in [6.07, 6.45) is 2.65. The smallest absolute Gasteiger partial charge is 0.331 e. The Labute approximate surface area is 130 Å². The molecule has 0 aliphatic rings. The lowest BCUT2D eigenvalue weighted by atomic mass is 10.2. The number of carbonyl (C=O) groups is 1. The van der Waals surface area contributed by atoms with E-state index in [0.29, 0.717) is 18.9 Å². The fraction of sp³-hybridized carbons (Fsp3) is 0.235. The van der Waals surface area contributed by atoms with E-state index in [-0.39, 0.29) is 5.57 Å². The van der Waals surface area contributed by atoms with Crippen LogP contribution in [0.25, 0.3) is 0 Å². The minimum absolute atomic E-state index is 0.234. The molecule has 0 bridgehead atoms. The van der Waals surface area contributed by atoms with Gasteiger partial charge in [-0.25, -0.2) is 0 Å². The predicted octanol–water partition coefficient (Wildman–Crippen LogP) is 3.23. The van der Waals surface area contributed by atoms with Crippen LogP contribution in [0.5, 0.6) is 0 Å². The van der Waals surface area contributed by atoms with Crippen molar-refractivity contribution in [2.75, 3.05) is 30.3 Å². The molecule has 0 spiro atoms. The average molecular weight is 304 g/mol. The van der Waals surface area contributed by atoms with Crippen LogP contribution in [-0.2, 0) is 9.53 Å². The lowest BCUT2D eigenvalue weighted by molar-refractivity contribution is -0.124. The maximum atomic E-state index is 12.3. The topological polar surface area (TPSA) is 55.6 Å². The zero-order valence-electron chi connectivity index (χ0n) is 12.7. The highest BCUT2D eigenvalue weighted by atomic mass is 19.1.